The number of carbonyl (C=O) groups is 1. The van der Waals surface area contributed by atoms with Crippen LogP contribution in [0.2, 0.25) is 0 Å². The van der Waals surface area contributed by atoms with Crippen molar-refractivity contribution >= 4 is 11.8 Å². The first-order valence-corrected chi connectivity index (χ1v) is 12.7. The lowest BCUT2D eigenvalue weighted by Crippen LogP contribution is -2.10. The lowest BCUT2D eigenvalue weighted by Gasteiger charge is -2.19. The highest BCUT2D eigenvalue weighted by molar-refractivity contribution is 5.79. The van der Waals surface area contributed by atoms with Crippen LogP contribution in [0.5, 0.6) is 5.75 Å². The summed E-state index contributed by atoms with van der Waals surface area (Å²) in [7, 11) is 0. The fraction of sp³-hybridized carbons (Fsp3) is 0.267. The van der Waals surface area contributed by atoms with E-state index < -0.39 is 5.97 Å². The fourth-order valence-electron chi connectivity index (χ4n) is 5.87. The predicted molar refractivity (Wildman–Crippen MR) is 142 cm³/mol. The van der Waals surface area contributed by atoms with Crippen LogP contribution in [-0.2, 0) is 11.2 Å². The number of ether oxygens (including phenoxy) is 1. The van der Waals surface area contributed by atoms with Gasteiger partial charge in [-0.15, -0.1) is 0 Å². The van der Waals surface area contributed by atoms with Crippen LogP contribution >= 0.6 is 0 Å². The zero-order valence-electron chi connectivity index (χ0n) is 21.2. The normalized spacial score (nSPS) is 17.6. The Morgan fingerprint density at radius 2 is 1.95 bits per heavy atom. The van der Waals surface area contributed by atoms with Gasteiger partial charge in [-0.05, 0) is 72.7 Å². The molecule has 192 valence electrons. The van der Waals surface area contributed by atoms with Crippen molar-refractivity contribution in [2.24, 2.45) is 0 Å². The molecule has 0 amide bonds. The molecule has 4 aromatic rings. The molecule has 2 atom stereocenters. The Morgan fingerprint density at radius 1 is 1.13 bits per heavy atom. The first-order chi connectivity index (χ1) is 18.4. The number of rotatable bonds is 6. The Kier molecular flexibility index (Phi) is 6.02. The number of carboxylic acid groups (broad SMARTS) is 1. The quantitative estimate of drug-likeness (QED) is 0.328. The van der Waals surface area contributed by atoms with E-state index in [1.807, 2.05) is 6.07 Å². The third-order valence-corrected chi connectivity index (χ3v) is 7.51. The molecule has 38 heavy (non-hydrogen) atoms. The van der Waals surface area contributed by atoms with Gasteiger partial charge in [-0.1, -0.05) is 6.07 Å². The molecule has 2 aromatic carbocycles. The largest absolute Gasteiger partial charge is 0.492 e. The average Bonchev–Trinajstić information content (AvgIpc) is 3.50. The first kappa shape index (κ1) is 24.0. The highest BCUT2D eigenvalue weighted by Crippen LogP contribution is 2.44. The molecule has 0 radical (unpaired) electrons. The fourth-order valence-corrected chi connectivity index (χ4v) is 5.87. The number of aromatic nitrogens is 3. The zero-order chi connectivity index (χ0) is 26.4. The molecule has 1 aliphatic carbocycles. The minimum atomic E-state index is -0.864. The van der Waals surface area contributed by atoms with Gasteiger partial charge in [-0.2, -0.15) is 0 Å². The number of hydrogen-bond donors (Lipinski definition) is 2. The summed E-state index contributed by atoms with van der Waals surface area (Å²) in [5, 5.41) is 12.5. The number of halogens is 1. The van der Waals surface area contributed by atoms with Crippen LogP contribution in [0.15, 0.2) is 55.1 Å². The molecule has 2 aliphatic rings. The van der Waals surface area contributed by atoms with Crippen molar-refractivity contribution in [2.45, 2.75) is 45.1 Å². The number of hydrogen-bond acceptors (Lipinski definition) is 6. The van der Waals surface area contributed by atoms with Crippen molar-refractivity contribution in [3.63, 3.8) is 0 Å². The highest BCUT2D eigenvalue weighted by Gasteiger charge is 2.31. The van der Waals surface area contributed by atoms with Crippen LogP contribution in [0, 0.1) is 19.7 Å². The minimum Gasteiger partial charge on any atom is -0.492 e. The maximum absolute atomic E-state index is 15.3. The molecule has 8 heteroatoms. The Bertz CT molecular complexity index is 1530. The molecule has 2 aromatic heterocycles. The van der Waals surface area contributed by atoms with Gasteiger partial charge in [0.15, 0.2) is 0 Å². The maximum atomic E-state index is 15.3. The van der Waals surface area contributed by atoms with Crippen molar-refractivity contribution in [1.29, 1.82) is 0 Å². The molecule has 0 saturated carbocycles. The number of fused-ring (bicyclic) bond motifs is 2. The van der Waals surface area contributed by atoms with Crippen molar-refractivity contribution < 1.29 is 19.0 Å². The molecule has 0 saturated heterocycles. The minimum absolute atomic E-state index is 0.00397. The molecular formula is C30H27FN4O3. The number of benzene rings is 2. The van der Waals surface area contributed by atoms with Crippen LogP contribution < -0.4 is 10.1 Å². The smallest absolute Gasteiger partial charge is 0.304 e. The Hall–Kier alpha value is -4.33. The summed E-state index contributed by atoms with van der Waals surface area (Å²) in [4.78, 5) is 24.3. The van der Waals surface area contributed by atoms with Crippen LogP contribution in [0.3, 0.4) is 0 Å². The van der Waals surface area contributed by atoms with Crippen LogP contribution in [0.1, 0.15) is 52.6 Å². The second-order valence-corrected chi connectivity index (χ2v) is 10.0. The number of nitrogens with zero attached hydrogens (tertiary/aromatic N) is 3. The number of nitrogens with one attached hydrogen (secondary N) is 1. The molecule has 1 aliphatic heterocycles. The van der Waals surface area contributed by atoms with Gasteiger partial charge in [-0.3, -0.25) is 14.8 Å². The summed E-state index contributed by atoms with van der Waals surface area (Å²) in [6.07, 6.45) is 8.25. The third kappa shape index (κ3) is 4.26. The Balaban J connectivity index is 1.31. The summed E-state index contributed by atoms with van der Waals surface area (Å²) < 4.78 is 21.0. The number of carboxylic acids is 1. The van der Waals surface area contributed by atoms with E-state index in [-0.39, 0.29) is 24.2 Å². The summed E-state index contributed by atoms with van der Waals surface area (Å²) in [6, 6.07) is 9.22. The van der Waals surface area contributed by atoms with E-state index in [1.54, 1.807) is 36.9 Å². The second-order valence-electron chi connectivity index (χ2n) is 10.0. The predicted octanol–water partition coefficient (Wildman–Crippen LogP) is 6.01. The van der Waals surface area contributed by atoms with Gasteiger partial charge in [0.05, 0.1) is 31.0 Å². The van der Waals surface area contributed by atoms with E-state index in [1.165, 1.54) is 0 Å². The standard InChI is InChI=1S/C30H27FN4O3/c1-16-9-18(25-14-32-7-8-33-25)10-17(2)29(16)20-3-5-23(31)30-21(20)4-6-24(30)35-27-12-26-22(13-34-27)19(15-38-26)11-28(36)37/h3,5,7-10,12-14,19,24H,4,6,11,15H2,1-2H3,(H,34,35)(H,36,37)/t19-,24-/m1/s1. The highest BCUT2D eigenvalue weighted by atomic mass is 19.1. The SMILES string of the molecule is Cc1cc(-c2cnccn2)cc(C)c1-c1ccc(F)c2c1CC[C@H]2Nc1cc2c(cn1)[C@H](CC(=O)O)CO2. The van der Waals surface area contributed by atoms with Gasteiger partial charge in [-0.25, -0.2) is 9.37 Å². The lowest BCUT2D eigenvalue weighted by molar-refractivity contribution is -0.137. The van der Waals surface area contributed by atoms with Crippen molar-refractivity contribution in [1.82, 2.24) is 15.0 Å². The molecule has 0 fully saturated rings. The number of aryl methyl sites for hydroxylation is 2. The molecule has 2 N–H and O–H groups in total. The van der Waals surface area contributed by atoms with Crippen molar-refractivity contribution in [3.8, 4) is 28.1 Å². The van der Waals surface area contributed by atoms with E-state index in [4.69, 9.17) is 9.84 Å². The Morgan fingerprint density at radius 3 is 2.68 bits per heavy atom. The summed E-state index contributed by atoms with van der Waals surface area (Å²) >= 11 is 0. The summed E-state index contributed by atoms with van der Waals surface area (Å²) in [5.74, 6) is -0.0812. The van der Waals surface area contributed by atoms with Crippen LogP contribution in [0.4, 0.5) is 10.2 Å². The maximum Gasteiger partial charge on any atom is 0.304 e. The van der Waals surface area contributed by atoms with E-state index in [0.29, 0.717) is 23.7 Å². The van der Waals surface area contributed by atoms with Crippen molar-refractivity contribution in [3.05, 3.63) is 88.8 Å². The van der Waals surface area contributed by atoms with Gasteiger partial charge in [0, 0.05) is 47.3 Å². The van der Waals surface area contributed by atoms with Crippen molar-refractivity contribution in [2.75, 3.05) is 11.9 Å². The van der Waals surface area contributed by atoms with Gasteiger partial charge in [0.1, 0.15) is 17.4 Å². The van der Waals surface area contributed by atoms with E-state index in [9.17, 15) is 4.79 Å². The van der Waals surface area contributed by atoms with E-state index in [2.05, 4.69) is 46.2 Å². The van der Waals surface area contributed by atoms with Gasteiger partial charge in [0.25, 0.3) is 0 Å². The number of aliphatic carboxylic acids is 1. The number of anilines is 1. The number of pyridine rings is 1. The van der Waals surface area contributed by atoms with Gasteiger partial charge >= 0.3 is 5.97 Å². The molecule has 0 unspecified atom stereocenters. The van der Waals surface area contributed by atoms with Crippen LogP contribution in [-0.4, -0.2) is 32.6 Å². The van der Waals surface area contributed by atoms with Gasteiger partial charge in [0.2, 0.25) is 0 Å². The van der Waals surface area contributed by atoms with Crippen LogP contribution in [0.25, 0.3) is 22.4 Å². The molecule has 3 heterocycles. The van der Waals surface area contributed by atoms with Gasteiger partial charge < -0.3 is 15.2 Å². The monoisotopic (exact) mass is 510 g/mol. The summed E-state index contributed by atoms with van der Waals surface area (Å²) in [5.41, 5.74) is 8.68. The topological polar surface area (TPSA) is 97.2 Å². The molecule has 0 bridgehead atoms. The molecule has 0 spiro atoms. The molecular weight excluding hydrogens is 483 g/mol. The average molecular weight is 511 g/mol. The third-order valence-electron chi connectivity index (χ3n) is 7.51. The lowest BCUT2D eigenvalue weighted by atomic mass is 9.88. The zero-order valence-corrected chi connectivity index (χ0v) is 21.2. The second kappa shape index (κ2) is 9.52. The summed E-state index contributed by atoms with van der Waals surface area (Å²) in [6.45, 7) is 4.48. The van der Waals surface area contributed by atoms with E-state index in [0.717, 1.165) is 57.5 Å². The molecule has 6 rings (SSSR count). The first-order valence-electron chi connectivity index (χ1n) is 12.7. The van der Waals surface area contributed by atoms with E-state index >= 15 is 4.39 Å². The molecule has 7 nitrogen and oxygen atoms in total. The Labute approximate surface area is 219 Å².